The van der Waals surface area contributed by atoms with E-state index in [-0.39, 0.29) is 17.1 Å². The molecular weight excluding hydrogens is 434 g/mol. The van der Waals surface area contributed by atoms with Gasteiger partial charge in [0.15, 0.2) is 21.3 Å². The molecule has 0 saturated heterocycles. The summed E-state index contributed by atoms with van der Waals surface area (Å²) in [5.74, 6) is 0.540. The molecule has 3 aromatic rings. The highest BCUT2D eigenvalue weighted by molar-refractivity contribution is 7.90. The number of hydrogen-bond acceptors (Lipinski definition) is 7. The first-order valence-electron chi connectivity index (χ1n) is 9.76. The molecule has 1 aliphatic heterocycles. The average Bonchev–Trinajstić information content (AvgIpc) is 3.25. The van der Waals surface area contributed by atoms with Gasteiger partial charge in [0.1, 0.15) is 5.82 Å². The summed E-state index contributed by atoms with van der Waals surface area (Å²) in [5, 5.41) is 7.32. The van der Waals surface area contributed by atoms with Gasteiger partial charge < -0.3 is 19.5 Å². The summed E-state index contributed by atoms with van der Waals surface area (Å²) in [7, 11) is 1.09. The SMILES string of the molecule is COc1cc(C(=O)Nc2c3c(nn2-c2ccc(C)cc2)CS(=O)(=O)C3)cc(OC)c1OC. The average molecular weight is 458 g/mol. The summed E-state index contributed by atoms with van der Waals surface area (Å²) in [6.07, 6.45) is 0. The molecule has 168 valence electrons. The van der Waals surface area contributed by atoms with Crippen molar-refractivity contribution < 1.29 is 27.4 Å². The van der Waals surface area contributed by atoms with Crippen LogP contribution in [0.5, 0.6) is 17.2 Å². The first kappa shape index (κ1) is 21.7. The number of nitrogens with one attached hydrogen (secondary N) is 1. The summed E-state index contributed by atoms with van der Waals surface area (Å²) < 4.78 is 41.9. The fourth-order valence-corrected chi connectivity index (χ4v) is 5.13. The van der Waals surface area contributed by atoms with Crippen molar-refractivity contribution >= 4 is 21.6 Å². The number of ether oxygens (including phenoxy) is 3. The number of rotatable bonds is 6. The minimum atomic E-state index is -3.30. The van der Waals surface area contributed by atoms with Crippen LogP contribution in [0, 0.1) is 6.92 Å². The van der Waals surface area contributed by atoms with Crippen molar-refractivity contribution in [2.45, 2.75) is 18.4 Å². The highest BCUT2D eigenvalue weighted by Gasteiger charge is 2.33. The Bertz CT molecular complexity index is 1270. The van der Waals surface area contributed by atoms with Gasteiger partial charge in [-0.3, -0.25) is 4.79 Å². The Morgan fingerprint density at radius 2 is 1.62 bits per heavy atom. The third-order valence-electron chi connectivity index (χ3n) is 5.22. The smallest absolute Gasteiger partial charge is 0.257 e. The number of benzene rings is 2. The van der Waals surface area contributed by atoms with Gasteiger partial charge in [-0.05, 0) is 31.2 Å². The van der Waals surface area contributed by atoms with Gasteiger partial charge in [-0.25, -0.2) is 13.1 Å². The van der Waals surface area contributed by atoms with Gasteiger partial charge in [0.2, 0.25) is 5.75 Å². The third-order valence-corrected chi connectivity index (χ3v) is 6.67. The highest BCUT2D eigenvalue weighted by Crippen LogP contribution is 2.39. The Balaban J connectivity index is 1.77. The number of amides is 1. The van der Waals surface area contributed by atoms with E-state index in [1.165, 1.54) is 33.5 Å². The van der Waals surface area contributed by atoms with E-state index in [4.69, 9.17) is 14.2 Å². The van der Waals surface area contributed by atoms with Crippen LogP contribution < -0.4 is 19.5 Å². The van der Waals surface area contributed by atoms with E-state index < -0.39 is 15.7 Å². The summed E-state index contributed by atoms with van der Waals surface area (Å²) >= 11 is 0. The first-order chi connectivity index (χ1) is 15.3. The van der Waals surface area contributed by atoms with Crippen molar-refractivity contribution in [3.63, 3.8) is 0 Å². The summed E-state index contributed by atoms with van der Waals surface area (Å²) in [5.41, 5.74) is 2.96. The summed E-state index contributed by atoms with van der Waals surface area (Å²) in [6, 6.07) is 10.6. The Morgan fingerprint density at radius 1 is 1.00 bits per heavy atom. The van der Waals surface area contributed by atoms with Crippen LogP contribution in [0.25, 0.3) is 5.69 Å². The Hall–Kier alpha value is -3.53. The van der Waals surface area contributed by atoms with Crippen LogP contribution in [0.3, 0.4) is 0 Å². The molecule has 4 rings (SSSR count). The number of aromatic nitrogens is 2. The van der Waals surface area contributed by atoms with Crippen molar-refractivity contribution in [2.75, 3.05) is 26.6 Å². The van der Waals surface area contributed by atoms with Gasteiger partial charge >= 0.3 is 0 Å². The van der Waals surface area contributed by atoms with Crippen molar-refractivity contribution in [3.8, 4) is 22.9 Å². The molecule has 1 aromatic heterocycles. The van der Waals surface area contributed by atoms with Crippen molar-refractivity contribution in [2.24, 2.45) is 0 Å². The van der Waals surface area contributed by atoms with Crippen molar-refractivity contribution in [3.05, 3.63) is 58.8 Å². The fourth-order valence-electron chi connectivity index (χ4n) is 3.64. The van der Waals surface area contributed by atoms with E-state index >= 15 is 0 Å². The molecule has 0 fully saturated rings. The fraction of sp³-hybridized carbons (Fsp3) is 0.273. The molecule has 0 bridgehead atoms. The molecule has 0 aliphatic carbocycles. The second-order valence-electron chi connectivity index (χ2n) is 7.42. The second kappa shape index (κ2) is 8.19. The number of anilines is 1. The zero-order valence-electron chi connectivity index (χ0n) is 18.1. The minimum Gasteiger partial charge on any atom is -0.493 e. The lowest BCUT2D eigenvalue weighted by molar-refractivity contribution is 0.102. The van der Waals surface area contributed by atoms with Crippen molar-refractivity contribution in [1.29, 1.82) is 0 Å². The molecule has 2 aromatic carbocycles. The normalized spacial score (nSPS) is 14.0. The lowest BCUT2D eigenvalue weighted by Crippen LogP contribution is -2.17. The van der Waals surface area contributed by atoms with Crippen molar-refractivity contribution in [1.82, 2.24) is 9.78 Å². The monoisotopic (exact) mass is 457 g/mol. The molecule has 1 N–H and O–H groups in total. The standard InChI is InChI=1S/C22H23N3O6S/c1-13-5-7-15(8-6-13)25-21(16-11-32(27,28)12-17(16)24-25)23-22(26)14-9-18(29-2)20(31-4)19(10-14)30-3/h5-10H,11-12H2,1-4H3,(H,23,26). The molecule has 1 amide bonds. The molecule has 32 heavy (non-hydrogen) atoms. The Labute approximate surface area is 185 Å². The van der Waals surface area contributed by atoms with Gasteiger partial charge in [0.25, 0.3) is 5.91 Å². The van der Waals surface area contributed by atoms with Crippen LogP contribution in [-0.4, -0.2) is 45.4 Å². The number of carbonyl (C=O) groups is 1. The zero-order valence-corrected chi connectivity index (χ0v) is 18.9. The zero-order chi connectivity index (χ0) is 23.0. The number of sulfone groups is 1. The minimum absolute atomic E-state index is 0.158. The third kappa shape index (κ3) is 3.89. The van der Waals surface area contributed by atoms with Gasteiger partial charge in [0, 0.05) is 11.1 Å². The van der Waals surface area contributed by atoms with Gasteiger partial charge in [-0.2, -0.15) is 5.10 Å². The Morgan fingerprint density at radius 3 is 2.19 bits per heavy atom. The maximum absolute atomic E-state index is 13.2. The number of nitrogens with zero attached hydrogens (tertiary/aromatic N) is 2. The van der Waals surface area contributed by atoms with Crippen LogP contribution >= 0.6 is 0 Å². The van der Waals surface area contributed by atoms with Crippen LogP contribution in [0.15, 0.2) is 36.4 Å². The van der Waals surface area contributed by atoms with Crippen LogP contribution in [0.1, 0.15) is 27.2 Å². The maximum atomic E-state index is 13.2. The topological polar surface area (TPSA) is 109 Å². The van der Waals surface area contributed by atoms with E-state index in [9.17, 15) is 13.2 Å². The van der Waals surface area contributed by atoms with Gasteiger partial charge in [-0.15, -0.1) is 0 Å². The quantitative estimate of drug-likeness (QED) is 0.606. The summed E-state index contributed by atoms with van der Waals surface area (Å²) in [4.78, 5) is 13.2. The van der Waals surface area contributed by atoms with E-state index in [1.807, 2.05) is 31.2 Å². The van der Waals surface area contributed by atoms with Crippen LogP contribution in [0.4, 0.5) is 5.82 Å². The predicted molar refractivity (Wildman–Crippen MR) is 119 cm³/mol. The second-order valence-corrected chi connectivity index (χ2v) is 9.49. The molecule has 1 aliphatic rings. The summed E-state index contributed by atoms with van der Waals surface area (Å²) in [6.45, 7) is 1.96. The number of carbonyl (C=O) groups excluding carboxylic acids is 1. The molecule has 0 spiro atoms. The molecule has 0 unspecified atom stereocenters. The highest BCUT2D eigenvalue weighted by atomic mass is 32.2. The molecule has 9 nitrogen and oxygen atoms in total. The van der Waals surface area contributed by atoms with Gasteiger partial charge in [-0.1, -0.05) is 17.7 Å². The largest absolute Gasteiger partial charge is 0.493 e. The molecule has 0 saturated carbocycles. The van der Waals surface area contributed by atoms with E-state index in [2.05, 4.69) is 10.4 Å². The molecule has 10 heteroatoms. The number of fused-ring (bicyclic) bond motifs is 1. The first-order valence-corrected chi connectivity index (χ1v) is 11.6. The number of aryl methyl sites for hydroxylation is 1. The predicted octanol–water partition coefficient (Wildman–Crippen LogP) is 2.89. The lowest BCUT2D eigenvalue weighted by Gasteiger charge is -2.15. The Kier molecular flexibility index (Phi) is 5.55. The molecular formula is C22H23N3O6S. The molecule has 2 heterocycles. The number of methoxy groups -OCH3 is 3. The van der Waals surface area contributed by atoms with E-state index in [0.29, 0.717) is 40.0 Å². The van der Waals surface area contributed by atoms with Crippen LogP contribution in [-0.2, 0) is 21.3 Å². The molecule has 0 atom stereocenters. The van der Waals surface area contributed by atoms with E-state index in [0.717, 1.165) is 5.56 Å². The number of hydrogen-bond donors (Lipinski definition) is 1. The lowest BCUT2D eigenvalue weighted by atomic mass is 10.1. The maximum Gasteiger partial charge on any atom is 0.257 e. The molecule has 0 radical (unpaired) electrons. The van der Waals surface area contributed by atoms with E-state index in [1.54, 1.807) is 4.68 Å². The van der Waals surface area contributed by atoms with Gasteiger partial charge in [0.05, 0.1) is 44.2 Å². The van der Waals surface area contributed by atoms with Crippen LogP contribution in [0.2, 0.25) is 0 Å².